The van der Waals surface area contributed by atoms with Crippen molar-refractivity contribution in [2.24, 2.45) is 5.92 Å². The fourth-order valence-corrected chi connectivity index (χ4v) is 5.61. The highest BCUT2D eigenvalue weighted by atomic mass is 35.5. The third-order valence-electron chi connectivity index (χ3n) is 6.48. The molecule has 0 spiro atoms. The number of alkyl halides is 3. The van der Waals surface area contributed by atoms with E-state index in [0.29, 0.717) is 11.1 Å². The molecule has 0 aromatic heterocycles. The van der Waals surface area contributed by atoms with Crippen LogP contribution in [0.4, 0.5) is 18.9 Å². The Labute approximate surface area is 212 Å². The van der Waals surface area contributed by atoms with Crippen LogP contribution in [0.5, 0.6) is 5.75 Å². The van der Waals surface area contributed by atoms with Crippen molar-refractivity contribution >= 4 is 40.7 Å². The second-order valence-corrected chi connectivity index (χ2v) is 9.25. The Balaban J connectivity index is 1.63. The summed E-state index contributed by atoms with van der Waals surface area (Å²) >= 11 is 12.1. The number of carbonyl (C=O) groups excluding carboxylic acids is 2. The number of amides is 2. The van der Waals surface area contributed by atoms with Crippen LogP contribution in [0.25, 0.3) is 0 Å². The summed E-state index contributed by atoms with van der Waals surface area (Å²) in [6.45, 7) is 0. The molecule has 3 aromatic carbocycles. The van der Waals surface area contributed by atoms with E-state index in [-0.39, 0.29) is 21.3 Å². The summed E-state index contributed by atoms with van der Waals surface area (Å²) < 4.78 is 41.8. The van der Waals surface area contributed by atoms with E-state index >= 15 is 0 Å². The number of fused-ring (bicyclic) bond motifs is 1. The van der Waals surface area contributed by atoms with Gasteiger partial charge in [-0.15, -0.1) is 13.2 Å². The summed E-state index contributed by atoms with van der Waals surface area (Å²) in [4.78, 5) is 27.9. The topological polar surface area (TPSA) is 90.6 Å². The Morgan fingerprint density at radius 1 is 0.944 bits per heavy atom. The Bertz CT molecular complexity index is 1430. The number of anilines is 1. The van der Waals surface area contributed by atoms with Gasteiger partial charge in [-0.3, -0.25) is 9.59 Å². The third-order valence-corrected chi connectivity index (χ3v) is 6.92. The molecule has 2 fully saturated rings. The quantitative estimate of drug-likeness (QED) is 0.478. The number of benzene rings is 3. The lowest BCUT2D eigenvalue weighted by atomic mass is 9.81. The van der Waals surface area contributed by atoms with Crippen LogP contribution in [0.3, 0.4) is 0 Å². The molecule has 2 amide bonds. The standard InChI is InChI=1S/C25H13Cl2F3N2O4/c26-16-9-17(27)11-18(10-16)32-21(33)20-23(24(20,35)22(32)34,14-3-1-13(12-31)2-4-14)15-5-7-19(8-6-15)36-25(28,29)30/h1-11,20,35H/t20-,23-,24?/m0/s1. The number of nitriles is 1. The Hall–Kier alpha value is -3.58. The number of aliphatic hydroxyl groups is 1. The first-order valence-electron chi connectivity index (χ1n) is 10.4. The van der Waals surface area contributed by atoms with E-state index in [9.17, 15) is 27.9 Å². The predicted molar refractivity (Wildman–Crippen MR) is 122 cm³/mol. The lowest BCUT2D eigenvalue weighted by Gasteiger charge is -2.28. The first-order valence-corrected chi connectivity index (χ1v) is 11.1. The first kappa shape index (κ1) is 24.1. The van der Waals surface area contributed by atoms with Crippen molar-refractivity contribution in [2.75, 3.05) is 4.90 Å². The van der Waals surface area contributed by atoms with Crippen molar-refractivity contribution in [2.45, 2.75) is 17.4 Å². The van der Waals surface area contributed by atoms with Crippen molar-refractivity contribution in [1.29, 1.82) is 5.26 Å². The number of ether oxygens (including phenoxy) is 1. The van der Waals surface area contributed by atoms with Gasteiger partial charge in [-0.1, -0.05) is 47.5 Å². The summed E-state index contributed by atoms with van der Waals surface area (Å²) in [5.74, 6) is -3.47. The summed E-state index contributed by atoms with van der Waals surface area (Å²) in [5.41, 5.74) is -2.92. The molecule has 6 nitrogen and oxygen atoms in total. The minimum absolute atomic E-state index is 0.0748. The molecular weight excluding hydrogens is 520 g/mol. The summed E-state index contributed by atoms with van der Waals surface area (Å²) in [7, 11) is 0. The number of rotatable bonds is 4. The second kappa shape index (κ2) is 7.96. The lowest BCUT2D eigenvalue weighted by molar-refractivity contribution is -0.274. The van der Waals surface area contributed by atoms with Gasteiger partial charge in [-0.2, -0.15) is 5.26 Å². The average molecular weight is 533 g/mol. The van der Waals surface area contributed by atoms with Gasteiger partial charge in [0.2, 0.25) is 5.91 Å². The molecule has 1 saturated heterocycles. The van der Waals surface area contributed by atoms with Crippen LogP contribution in [-0.4, -0.2) is 28.9 Å². The Morgan fingerprint density at radius 2 is 1.47 bits per heavy atom. The van der Waals surface area contributed by atoms with Crippen molar-refractivity contribution in [3.05, 3.63) is 93.5 Å². The van der Waals surface area contributed by atoms with E-state index in [4.69, 9.17) is 28.5 Å². The Kier molecular flexibility index (Phi) is 5.34. The zero-order valence-electron chi connectivity index (χ0n) is 17.9. The minimum atomic E-state index is -4.91. The molecule has 2 aliphatic rings. The Morgan fingerprint density at radius 3 is 1.92 bits per heavy atom. The van der Waals surface area contributed by atoms with Gasteiger partial charge in [0.05, 0.1) is 28.7 Å². The molecule has 11 heteroatoms. The number of imide groups is 1. The lowest BCUT2D eigenvalue weighted by Crippen LogP contribution is -2.45. The summed E-state index contributed by atoms with van der Waals surface area (Å²) in [5, 5.41) is 21.2. The molecule has 3 aromatic rings. The first-order chi connectivity index (χ1) is 16.9. The van der Waals surface area contributed by atoms with E-state index in [1.54, 1.807) is 0 Å². The molecular formula is C25H13Cl2F3N2O4. The van der Waals surface area contributed by atoms with Crippen LogP contribution in [0.15, 0.2) is 66.7 Å². The minimum Gasteiger partial charge on any atom is -0.406 e. The van der Waals surface area contributed by atoms with Gasteiger partial charge in [-0.05, 0) is 53.6 Å². The van der Waals surface area contributed by atoms with E-state index in [1.807, 2.05) is 6.07 Å². The summed E-state index contributed by atoms with van der Waals surface area (Å²) in [6, 6.07) is 16.6. The number of hydrogen-bond donors (Lipinski definition) is 1. The average Bonchev–Trinajstić information content (AvgIpc) is 3.32. The maximum atomic E-state index is 13.6. The molecule has 182 valence electrons. The molecule has 1 N–H and O–H groups in total. The van der Waals surface area contributed by atoms with E-state index in [2.05, 4.69) is 4.74 Å². The van der Waals surface area contributed by atoms with Gasteiger partial charge in [0, 0.05) is 10.0 Å². The molecule has 36 heavy (non-hydrogen) atoms. The zero-order valence-corrected chi connectivity index (χ0v) is 19.4. The molecule has 1 heterocycles. The maximum absolute atomic E-state index is 13.6. The van der Waals surface area contributed by atoms with Gasteiger partial charge < -0.3 is 9.84 Å². The predicted octanol–water partition coefficient (Wildman–Crippen LogP) is 4.98. The summed E-state index contributed by atoms with van der Waals surface area (Å²) in [6.07, 6.45) is -4.91. The van der Waals surface area contributed by atoms with Crippen LogP contribution in [-0.2, 0) is 15.0 Å². The van der Waals surface area contributed by atoms with Crippen LogP contribution >= 0.6 is 23.2 Å². The normalized spacial score (nSPS) is 24.9. The highest BCUT2D eigenvalue weighted by molar-refractivity contribution is 6.36. The van der Waals surface area contributed by atoms with Crippen molar-refractivity contribution in [3.8, 4) is 11.8 Å². The molecule has 3 atom stereocenters. The number of nitrogens with zero attached hydrogens (tertiary/aromatic N) is 2. The largest absolute Gasteiger partial charge is 0.573 e. The van der Waals surface area contributed by atoms with E-state index < -0.39 is 40.9 Å². The van der Waals surface area contributed by atoms with Crippen LogP contribution in [0.1, 0.15) is 16.7 Å². The van der Waals surface area contributed by atoms with Gasteiger partial charge in [0.15, 0.2) is 5.60 Å². The molecule has 5 rings (SSSR count). The van der Waals surface area contributed by atoms with Gasteiger partial charge in [-0.25, -0.2) is 4.90 Å². The highest BCUT2D eigenvalue weighted by Crippen LogP contribution is 2.71. The number of halogens is 5. The van der Waals surface area contributed by atoms with Gasteiger partial charge in [0.1, 0.15) is 5.75 Å². The third kappa shape index (κ3) is 3.37. The fraction of sp³-hybridized carbons (Fsp3) is 0.160. The van der Waals surface area contributed by atoms with E-state index in [1.165, 1.54) is 54.6 Å². The van der Waals surface area contributed by atoms with Gasteiger partial charge in [0.25, 0.3) is 5.91 Å². The zero-order chi connectivity index (χ0) is 26.0. The molecule has 1 saturated carbocycles. The molecule has 1 aliphatic carbocycles. The smallest absolute Gasteiger partial charge is 0.406 e. The highest BCUT2D eigenvalue weighted by Gasteiger charge is 2.89. The molecule has 0 radical (unpaired) electrons. The van der Waals surface area contributed by atoms with Crippen LogP contribution in [0.2, 0.25) is 10.0 Å². The SMILES string of the molecule is N#Cc1ccc([C@]2(c3ccc(OC(F)(F)F)cc3)[C@@H]3C(=O)N(c4cc(Cl)cc(Cl)c4)C(=O)C32O)cc1. The number of carbonyl (C=O) groups is 2. The fourth-order valence-electron chi connectivity index (χ4n) is 5.10. The number of piperidine rings is 1. The van der Waals surface area contributed by atoms with Crippen LogP contribution in [0, 0.1) is 17.2 Å². The number of hydrogen-bond acceptors (Lipinski definition) is 5. The van der Waals surface area contributed by atoms with Crippen LogP contribution < -0.4 is 9.64 Å². The monoisotopic (exact) mass is 532 g/mol. The van der Waals surface area contributed by atoms with Crippen molar-refractivity contribution in [3.63, 3.8) is 0 Å². The molecule has 0 bridgehead atoms. The second-order valence-electron chi connectivity index (χ2n) is 8.38. The van der Waals surface area contributed by atoms with Gasteiger partial charge >= 0.3 is 6.36 Å². The molecule has 1 unspecified atom stereocenters. The van der Waals surface area contributed by atoms with Crippen molar-refractivity contribution in [1.82, 2.24) is 0 Å². The van der Waals surface area contributed by atoms with E-state index in [0.717, 1.165) is 17.0 Å². The van der Waals surface area contributed by atoms with Crippen molar-refractivity contribution < 1.29 is 32.6 Å². The maximum Gasteiger partial charge on any atom is 0.573 e. The molecule has 1 aliphatic heterocycles.